The summed E-state index contributed by atoms with van der Waals surface area (Å²) >= 11 is 6.09. The van der Waals surface area contributed by atoms with E-state index in [1.54, 1.807) is 24.3 Å². The van der Waals surface area contributed by atoms with E-state index in [4.69, 9.17) is 26.2 Å². The van der Waals surface area contributed by atoms with Gasteiger partial charge >= 0.3 is 12.1 Å². The molecule has 166 valence electrons. The molecule has 0 saturated heterocycles. The van der Waals surface area contributed by atoms with Crippen molar-refractivity contribution in [2.24, 2.45) is 11.8 Å². The standard InChI is InChI=1S/C23H25ClFNO5/c24-18-5-2-6-21(12-18)26(20-9-7-19(25)8-10-20)23(29)31-14-17-4-1-3-16(11-17)13-30-15-22(27)28/h2,5-10,12,16-17H,1,3-4,11,13-15H2,(H,27,28). The smallest absolute Gasteiger partial charge is 0.418 e. The highest BCUT2D eigenvalue weighted by Crippen LogP contribution is 2.31. The Balaban J connectivity index is 1.64. The molecule has 2 aromatic carbocycles. The number of carboxylic acid groups (broad SMARTS) is 1. The summed E-state index contributed by atoms with van der Waals surface area (Å²) in [6.45, 7) is 0.329. The fourth-order valence-corrected chi connectivity index (χ4v) is 4.02. The molecule has 1 amide bonds. The van der Waals surface area contributed by atoms with Gasteiger partial charge < -0.3 is 14.6 Å². The molecule has 1 saturated carbocycles. The number of aliphatic carboxylic acids is 1. The largest absolute Gasteiger partial charge is 0.480 e. The maximum Gasteiger partial charge on any atom is 0.418 e. The number of rotatable bonds is 8. The Morgan fingerprint density at radius 1 is 1.06 bits per heavy atom. The lowest BCUT2D eigenvalue weighted by Gasteiger charge is -2.29. The molecule has 1 aliphatic carbocycles. The summed E-state index contributed by atoms with van der Waals surface area (Å²) in [5, 5.41) is 9.16. The molecule has 2 unspecified atom stereocenters. The number of amides is 1. The molecule has 0 radical (unpaired) electrons. The van der Waals surface area contributed by atoms with Gasteiger partial charge in [0.15, 0.2) is 0 Å². The van der Waals surface area contributed by atoms with E-state index < -0.39 is 17.9 Å². The fraction of sp³-hybridized carbons (Fsp3) is 0.391. The average Bonchev–Trinajstić information content (AvgIpc) is 2.74. The van der Waals surface area contributed by atoms with Crippen LogP contribution in [0.3, 0.4) is 0 Å². The number of halogens is 2. The van der Waals surface area contributed by atoms with Gasteiger partial charge in [0.25, 0.3) is 0 Å². The van der Waals surface area contributed by atoms with Crippen LogP contribution in [-0.2, 0) is 14.3 Å². The second-order valence-electron chi connectivity index (χ2n) is 7.68. The van der Waals surface area contributed by atoms with Crippen LogP contribution in [0.15, 0.2) is 48.5 Å². The Bertz CT molecular complexity index is 892. The van der Waals surface area contributed by atoms with Crippen LogP contribution < -0.4 is 4.90 Å². The van der Waals surface area contributed by atoms with Gasteiger partial charge in [0.05, 0.1) is 24.6 Å². The van der Waals surface area contributed by atoms with Gasteiger partial charge in [-0.1, -0.05) is 24.1 Å². The number of hydrogen-bond acceptors (Lipinski definition) is 4. The highest BCUT2D eigenvalue weighted by Gasteiger charge is 2.26. The number of anilines is 2. The van der Waals surface area contributed by atoms with Crippen molar-refractivity contribution in [3.8, 4) is 0 Å². The highest BCUT2D eigenvalue weighted by molar-refractivity contribution is 6.31. The maximum absolute atomic E-state index is 13.4. The Kier molecular flexibility index (Phi) is 8.26. The molecule has 0 spiro atoms. The molecule has 2 atom stereocenters. The van der Waals surface area contributed by atoms with Gasteiger partial charge in [0.1, 0.15) is 12.4 Å². The van der Waals surface area contributed by atoms with Gasteiger partial charge in [0, 0.05) is 5.02 Å². The summed E-state index contributed by atoms with van der Waals surface area (Å²) in [6, 6.07) is 12.4. The minimum absolute atomic E-state index is 0.172. The number of carbonyl (C=O) groups excluding carboxylic acids is 1. The third-order valence-electron chi connectivity index (χ3n) is 5.25. The monoisotopic (exact) mass is 449 g/mol. The predicted octanol–water partition coefficient (Wildman–Crippen LogP) is 5.66. The van der Waals surface area contributed by atoms with E-state index in [2.05, 4.69) is 0 Å². The van der Waals surface area contributed by atoms with Gasteiger partial charge in [-0.05, 0) is 73.6 Å². The molecule has 1 fully saturated rings. The van der Waals surface area contributed by atoms with E-state index in [9.17, 15) is 14.0 Å². The van der Waals surface area contributed by atoms with Crippen LogP contribution in [0.5, 0.6) is 0 Å². The lowest BCUT2D eigenvalue weighted by molar-refractivity contribution is -0.142. The summed E-state index contributed by atoms with van der Waals surface area (Å²) in [5.41, 5.74) is 0.991. The van der Waals surface area contributed by atoms with Crippen LogP contribution in [0.4, 0.5) is 20.6 Å². The van der Waals surface area contributed by atoms with Crippen LogP contribution >= 0.6 is 11.6 Å². The molecular formula is C23H25ClFNO5. The van der Waals surface area contributed by atoms with E-state index in [1.165, 1.54) is 29.2 Å². The molecule has 0 heterocycles. The topological polar surface area (TPSA) is 76.1 Å². The van der Waals surface area contributed by atoms with Crippen molar-refractivity contribution in [3.05, 3.63) is 59.4 Å². The summed E-state index contributed by atoms with van der Waals surface area (Å²) < 4.78 is 24.2. The van der Waals surface area contributed by atoms with Gasteiger partial charge in [-0.3, -0.25) is 0 Å². The van der Waals surface area contributed by atoms with Crippen LogP contribution in [0.1, 0.15) is 25.7 Å². The first-order chi connectivity index (χ1) is 14.9. The summed E-state index contributed by atoms with van der Waals surface area (Å²) in [7, 11) is 0. The third-order valence-corrected chi connectivity index (χ3v) is 5.48. The Morgan fingerprint density at radius 3 is 2.45 bits per heavy atom. The number of carbonyl (C=O) groups is 2. The van der Waals surface area contributed by atoms with E-state index in [1.807, 2.05) is 0 Å². The second-order valence-corrected chi connectivity index (χ2v) is 8.11. The Labute approximate surface area is 185 Å². The summed E-state index contributed by atoms with van der Waals surface area (Å²) in [6.07, 6.45) is 3.10. The van der Waals surface area contributed by atoms with Crippen molar-refractivity contribution in [1.82, 2.24) is 0 Å². The molecule has 1 N–H and O–H groups in total. The molecule has 3 rings (SSSR count). The molecule has 2 aromatic rings. The number of hydrogen-bond donors (Lipinski definition) is 1. The minimum atomic E-state index is -0.983. The lowest BCUT2D eigenvalue weighted by atomic mass is 9.82. The van der Waals surface area contributed by atoms with Crippen LogP contribution in [0.2, 0.25) is 5.02 Å². The van der Waals surface area contributed by atoms with Crippen LogP contribution in [0.25, 0.3) is 0 Å². The quantitative estimate of drug-likeness (QED) is 0.562. The van der Waals surface area contributed by atoms with Gasteiger partial charge in [-0.25, -0.2) is 18.9 Å². The third kappa shape index (κ3) is 6.94. The molecule has 1 aliphatic rings. The molecule has 0 aliphatic heterocycles. The lowest BCUT2D eigenvalue weighted by Crippen LogP contribution is -2.30. The first kappa shape index (κ1) is 23.0. The van der Waals surface area contributed by atoms with E-state index in [0.717, 1.165) is 25.7 Å². The number of nitrogens with zero attached hydrogens (tertiary/aromatic N) is 1. The zero-order chi connectivity index (χ0) is 22.2. The number of benzene rings is 2. The van der Waals surface area contributed by atoms with Crippen molar-refractivity contribution in [3.63, 3.8) is 0 Å². The van der Waals surface area contributed by atoms with E-state index in [0.29, 0.717) is 23.0 Å². The van der Waals surface area contributed by atoms with Crippen LogP contribution in [0, 0.1) is 17.7 Å². The van der Waals surface area contributed by atoms with Crippen molar-refractivity contribution < 1.29 is 28.6 Å². The molecular weight excluding hydrogens is 425 g/mol. The zero-order valence-electron chi connectivity index (χ0n) is 17.0. The van der Waals surface area contributed by atoms with Crippen molar-refractivity contribution >= 4 is 35.0 Å². The Morgan fingerprint density at radius 2 is 1.77 bits per heavy atom. The SMILES string of the molecule is O=C(O)COCC1CCCC(COC(=O)N(c2ccc(F)cc2)c2cccc(Cl)c2)C1. The first-order valence-corrected chi connectivity index (χ1v) is 10.6. The van der Waals surface area contributed by atoms with Gasteiger partial charge in [0.2, 0.25) is 0 Å². The fourth-order valence-electron chi connectivity index (χ4n) is 3.84. The average molecular weight is 450 g/mol. The van der Waals surface area contributed by atoms with E-state index >= 15 is 0 Å². The zero-order valence-corrected chi connectivity index (χ0v) is 17.8. The minimum Gasteiger partial charge on any atom is -0.480 e. The molecule has 0 aromatic heterocycles. The number of carboxylic acids is 1. The van der Waals surface area contributed by atoms with Gasteiger partial charge in [-0.15, -0.1) is 0 Å². The Hall–Kier alpha value is -2.64. The van der Waals surface area contributed by atoms with Crippen molar-refractivity contribution in [2.45, 2.75) is 25.7 Å². The van der Waals surface area contributed by atoms with Crippen LogP contribution in [-0.4, -0.2) is 37.0 Å². The predicted molar refractivity (Wildman–Crippen MR) is 115 cm³/mol. The first-order valence-electron chi connectivity index (χ1n) is 10.2. The summed E-state index contributed by atoms with van der Waals surface area (Å²) in [4.78, 5) is 25.0. The molecule has 8 heteroatoms. The van der Waals surface area contributed by atoms with Crippen molar-refractivity contribution in [1.29, 1.82) is 0 Å². The summed E-state index contributed by atoms with van der Waals surface area (Å²) in [5.74, 6) is -0.965. The number of ether oxygens (including phenoxy) is 2. The molecule has 31 heavy (non-hydrogen) atoms. The van der Waals surface area contributed by atoms with Crippen molar-refractivity contribution in [2.75, 3.05) is 24.7 Å². The van der Waals surface area contributed by atoms with Gasteiger partial charge in [-0.2, -0.15) is 0 Å². The second kappa shape index (κ2) is 11.1. The maximum atomic E-state index is 13.4. The molecule has 6 nitrogen and oxygen atoms in total. The molecule has 0 bridgehead atoms. The van der Waals surface area contributed by atoms with E-state index in [-0.39, 0.29) is 25.0 Å². The highest BCUT2D eigenvalue weighted by atomic mass is 35.5. The normalized spacial score (nSPS) is 18.4.